The third kappa shape index (κ3) is 7.04. The molecule has 0 radical (unpaired) electrons. The van der Waals surface area contributed by atoms with Crippen LogP contribution in [0, 0.1) is 5.82 Å². The van der Waals surface area contributed by atoms with Crippen LogP contribution in [0.2, 0.25) is 0 Å². The summed E-state index contributed by atoms with van der Waals surface area (Å²) in [5.74, 6) is 0.323. The van der Waals surface area contributed by atoms with Crippen LogP contribution < -0.4 is 5.32 Å². The molecule has 1 N–H and O–H groups in total. The van der Waals surface area contributed by atoms with E-state index in [1.54, 1.807) is 6.07 Å². The SMILES string of the molecule is CCCCCCCCC(CNCC)c1cccc(F)c1. The van der Waals surface area contributed by atoms with Crippen molar-refractivity contribution in [1.82, 2.24) is 5.32 Å². The summed E-state index contributed by atoms with van der Waals surface area (Å²) in [7, 11) is 0. The Morgan fingerprint density at radius 1 is 1.05 bits per heavy atom. The van der Waals surface area contributed by atoms with Crippen molar-refractivity contribution in [2.24, 2.45) is 0 Å². The van der Waals surface area contributed by atoms with Crippen LogP contribution in [0.5, 0.6) is 0 Å². The van der Waals surface area contributed by atoms with Crippen molar-refractivity contribution in [3.05, 3.63) is 35.6 Å². The Hall–Kier alpha value is -0.890. The Morgan fingerprint density at radius 2 is 1.80 bits per heavy atom. The summed E-state index contributed by atoms with van der Waals surface area (Å²) < 4.78 is 13.4. The molecule has 114 valence electrons. The van der Waals surface area contributed by atoms with Gasteiger partial charge in [-0.2, -0.15) is 0 Å². The van der Waals surface area contributed by atoms with Gasteiger partial charge in [0.15, 0.2) is 0 Å². The highest BCUT2D eigenvalue weighted by Crippen LogP contribution is 2.23. The summed E-state index contributed by atoms with van der Waals surface area (Å²) in [6.07, 6.45) is 9.05. The Balaban J connectivity index is 2.40. The van der Waals surface area contributed by atoms with E-state index < -0.39 is 0 Å². The van der Waals surface area contributed by atoms with E-state index in [1.807, 2.05) is 6.07 Å². The topological polar surface area (TPSA) is 12.0 Å². The van der Waals surface area contributed by atoms with Gasteiger partial charge < -0.3 is 5.32 Å². The zero-order valence-electron chi connectivity index (χ0n) is 13.1. The first-order chi connectivity index (χ1) is 9.77. The summed E-state index contributed by atoms with van der Waals surface area (Å²) in [5, 5.41) is 3.41. The quantitative estimate of drug-likeness (QED) is 0.544. The first kappa shape index (κ1) is 17.2. The lowest BCUT2D eigenvalue weighted by atomic mass is 9.92. The molecule has 20 heavy (non-hydrogen) atoms. The summed E-state index contributed by atoms with van der Waals surface area (Å²) in [4.78, 5) is 0. The fourth-order valence-corrected chi connectivity index (χ4v) is 2.64. The minimum Gasteiger partial charge on any atom is -0.316 e. The van der Waals surface area contributed by atoms with Crippen molar-refractivity contribution in [3.8, 4) is 0 Å². The molecule has 1 unspecified atom stereocenters. The average molecular weight is 279 g/mol. The summed E-state index contributed by atoms with van der Waals surface area (Å²) in [6, 6.07) is 7.10. The van der Waals surface area contributed by atoms with Crippen LogP contribution in [-0.4, -0.2) is 13.1 Å². The third-order valence-electron chi connectivity index (χ3n) is 3.87. The molecule has 1 aromatic rings. The van der Waals surface area contributed by atoms with Gasteiger partial charge in [-0.3, -0.25) is 0 Å². The van der Waals surface area contributed by atoms with Crippen LogP contribution in [0.3, 0.4) is 0 Å². The number of unbranched alkanes of at least 4 members (excludes halogenated alkanes) is 5. The molecule has 0 aliphatic heterocycles. The van der Waals surface area contributed by atoms with Crippen molar-refractivity contribution in [2.75, 3.05) is 13.1 Å². The number of rotatable bonds is 11. The van der Waals surface area contributed by atoms with E-state index in [0.29, 0.717) is 5.92 Å². The lowest BCUT2D eigenvalue weighted by molar-refractivity contribution is 0.509. The fraction of sp³-hybridized carbons (Fsp3) is 0.667. The summed E-state index contributed by atoms with van der Waals surface area (Å²) in [6.45, 7) is 6.29. The Labute approximate surface area is 124 Å². The van der Waals surface area contributed by atoms with E-state index >= 15 is 0 Å². The van der Waals surface area contributed by atoms with Crippen molar-refractivity contribution in [2.45, 2.75) is 64.7 Å². The van der Waals surface area contributed by atoms with Gasteiger partial charge >= 0.3 is 0 Å². The highest BCUT2D eigenvalue weighted by molar-refractivity contribution is 5.21. The highest BCUT2D eigenvalue weighted by Gasteiger charge is 2.11. The molecule has 1 rings (SSSR count). The zero-order valence-corrected chi connectivity index (χ0v) is 13.1. The van der Waals surface area contributed by atoms with Crippen LogP contribution in [0.25, 0.3) is 0 Å². The molecule has 0 aliphatic rings. The van der Waals surface area contributed by atoms with Crippen LogP contribution in [0.1, 0.15) is 70.3 Å². The molecular formula is C18H30FN. The number of benzene rings is 1. The van der Waals surface area contributed by atoms with E-state index in [9.17, 15) is 4.39 Å². The van der Waals surface area contributed by atoms with E-state index in [0.717, 1.165) is 25.1 Å². The van der Waals surface area contributed by atoms with E-state index in [4.69, 9.17) is 0 Å². The molecule has 1 atom stereocenters. The Bertz CT molecular complexity index is 351. The van der Waals surface area contributed by atoms with Crippen molar-refractivity contribution >= 4 is 0 Å². The van der Waals surface area contributed by atoms with Crippen molar-refractivity contribution in [3.63, 3.8) is 0 Å². The second kappa shape index (κ2) is 10.8. The van der Waals surface area contributed by atoms with Crippen molar-refractivity contribution in [1.29, 1.82) is 0 Å². The van der Waals surface area contributed by atoms with Crippen molar-refractivity contribution < 1.29 is 4.39 Å². The molecule has 0 fully saturated rings. The van der Waals surface area contributed by atoms with Gasteiger partial charge in [0.2, 0.25) is 0 Å². The molecule has 0 bridgehead atoms. The largest absolute Gasteiger partial charge is 0.316 e. The van der Waals surface area contributed by atoms with Gasteiger partial charge in [0.05, 0.1) is 0 Å². The molecule has 1 nitrogen and oxygen atoms in total. The number of halogens is 1. The molecule has 0 heterocycles. The van der Waals surface area contributed by atoms with E-state index in [1.165, 1.54) is 44.6 Å². The maximum absolute atomic E-state index is 13.4. The molecule has 2 heteroatoms. The third-order valence-corrected chi connectivity index (χ3v) is 3.87. The maximum atomic E-state index is 13.4. The first-order valence-electron chi connectivity index (χ1n) is 8.24. The van der Waals surface area contributed by atoms with Gasteiger partial charge in [0.25, 0.3) is 0 Å². The predicted molar refractivity (Wildman–Crippen MR) is 85.7 cm³/mol. The first-order valence-corrected chi connectivity index (χ1v) is 8.24. The minimum absolute atomic E-state index is 0.119. The predicted octanol–water partition coefficient (Wildman–Crippen LogP) is 5.27. The lowest BCUT2D eigenvalue weighted by Gasteiger charge is -2.18. The Kier molecular flexibility index (Phi) is 9.31. The monoisotopic (exact) mass is 279 g/mol. The van der Waals surface area contributed by atoms with Crippen LogP contribution in [-0.2, 0) is 0 Å². The number of hydrogen-bond acceptors (Lipinski definition) is 1. The Morgan fingerprint density at radius 3 is 2.50 bits per heavy atom. The van der Waals surface area contributed by atoms with Gasteiger partial charge in [-0.25, -0.2) is 4.39 Å². The number of nitrogens with one attached hydrogen (secondary N) is 1. The standard InChI is InChI=1S/C18H30FN/c1-3-5-6-7-8-9-11-17(15-20-4-2)16-12-10-13-18(19)14-16/h10,12-14,17,20H,3-9,11,15H2,1-2H3. The normalized spacial score (nSPS) is 12.6. The average Bonchev–Trinajstić information content (AvgIpc) is 2.45. The molecule has 0 amide bonds. The molecule has 0 saturated heterocycles. The summed E-state index contributed by atoms with van der Waals surface area (Å²) in [5.41, 5.74) is 1.14. The molecule has 0 saturated carbocycles. The van der Waals surface area contributed by atoms with E-state index in [-0.39, 0.29) is 5.82 Å². The maximum Gasteiger partial charge on any atom is 0.123 e. The van der Waals surface area contributed by atoms with Gasteiger partial charge in [-0.1, -0.05) is 64.5 Å². The zero-order chi connectivity index (χ0) is 14.6. The second-order valence-electron chi connectivity index (χ2n) is 5.62. The van der Waals surface area contributed by atoms with Gasteiger partial charge in [-0.15, -0.1) is 0 Å². The molecule has 0 aliphatic carbocycles. The summed E-state index contributed by atoms with van der Waals surface area (Å²) >= 11 is 0. The number of likely N-dealkylation sites (N-methyl/N-ethyl adjacent to an activating group) is 1. The number of hydrogen-bond donors (Lipinski definition) is 1. The molecule has 1 aromatic carbocycles. The van der Waals surface area contributed by atoms with E-state index in [2.05, 4.69) is 25.2 Å². The van der Waals surface area contributed by atoms with Gasteiger partial charge in [0.1, 0.15) is 5.82 Å². The minimum atomic E-state index is -0.119. The van der Waals surface area contributed by atoms with Crippen LogP contribution >= 0.6 is 0 Å². The van der Waals surface area contributed by atoms with Crippen LogP contribution in [0.15, 0.2) is 24.3 Å². The lowest BCUT2D eigenvalue weighted by Crippen LogP contribution is -2.21. The molecule has 0 spiro atoms. The van der Waals surface area contributed by atoms with Gasteiger partial charge in [-0.05, 0) is 36.6 Å². The van der Waals surface area contributed by atoms with Gasteiger partial charge in [0, 0.05) is 6.54 Å². The molecule has 0 aromatic heterocycles. The highest BCUT2D eigenvalue weighted by atomic mass is 19.1. The van der Waals surface area contributed by atoms with Crippen LogP contribution in [0.4, 0.5) is 4.39 Å². The molecular weight excluding hydrogens is 249 g/mol. The smallest absolute Gasteiger partial charge is 0.123 e. The second-order valence-corrected chi connectivity index (χ2v) is 5.62. The fourth-order valence-electron chi connectivity index (χ4n) is 2.64.